The standard InChI is InChI=1S/C10H18O3/c1-10(2,3)13-9(12)8-5-4-7(8)6-11/h7-8,11H,4-6H2,1-3H3. The van der Waals surface area contributed by atoms with E-state index in [1.165, 1.54) is 0 Å². The van der Waals surface area contributed by atoms with Crippen LogP contribution in [-0.2, 0) is 9.53 Å². The summed E-state index contributed by atoms with van der Waals surface area (Å²) in [5.41, 5.74) is -0.410. The smallest absolute Gasteiger partial charge is 0.309 e. The van der Waals surface area contributed by atoms with Gasteiger partial charge in [-0.05, 0) is 39.5 Å². The van der Waals surface area contributed by atoms with Crippen LogP contribution in [0.5, 0.6) is 0 Å². The van der Waals surface area contributed by atoms with Crippen molar-refractivity contribution in [3.05, 3.63) is 0 Å². The summed E-state index contributed by atoms with van der Waals surface area (Å²) < 4.78 is 5.22. The quantitative estimate of drug-likeness (QED) is 0.662. The SMILES string of the molecule is CC(C)(C)OC(=O)C1CCC1CO. The van der Waals surface area contributed by atoms with Crippen LogP contribution < -0.4 is 0 Å². The summed E-state index contributed by atoms with van der Waals surface area (Å²) >= 11 is 0. The third kappa shape index (κ3) is 2.69. The summed E-state index contributed by atoms with van der Waals surface area (Å²) in [7, 11) is 0. The Morgan fingerprint density at radius 1 is 1.46 bits per heavy atom. The molecule has 0 aromatic heterocycles. The van der Waals surface area contributed by atoms with Gasteiger partial charge in [-0.3, -0.25) is 4.79 Å². The van der Waals surface area contributed by atoms with Gasteiger partial charge in [-0.1, -0.05) is 0 Å². The number of hydrogen-bond donors (Lipinski definition) is 1. The second-order valence-electron chi connectivity index (χ2n) is 4.66. The van der Waals surface area contributed by atoms with Crippen molar-refractivity contribution in [2.45, 2.75) is 39.2 Å². The minimum absolute atomic E-state index is 0.0655. The summed E-state index contributed by atoms with van der Waals surface area (Å²) in [4.78, 5) is 11.5. The largest absolute Gasteiger partial charge is 0.460 e. The van der Waals surface area contributed by atoms with Crippen LogP contribution in [0.4, 0.5) is 0 Å². The van der Waals surface area contributed by atoms with Crippen molar-refractivity contribution in [3.63, 3.8) is 0 Å². The van der Waals surface area contributed by atoms with Gasteiger partial charge in [0.05, 0.1) is 5.92 Å². The van der Waals surface area contributed by atoms with Crippen molar-refractivity contribution in [2.75, 3.05) is 6.61 Å². The Bertz CT molecular complexity index is 191. The second-order valence-corrected chi connectivity index (χ2v) is 4.66. The molecule has 0 amide bonds. The third-order valence-electron chi connectivity index (χ3n) is 2.36. The van der Waals surface area contributed by atoms with Crippen LogP contribution in [0, 0.1) is 11.8 Å². The molecule has 1 saturated carbocycles. The van der Waals surface area contributed by atoms with Gasteiger partial charge in [-0.15, -0.1) is 0 Å². The number of aliphatic hydroxyl groups excluding tert-OH is 1. The maximum Gasteiger partial charge on any atom is 0.309 e. The van der Waals surface area contributed by atoms with Crippen molar-refractivity contribution in [1.29, 1.82) is 0 Å². The maximum absolute atomic E-state index is 11.5. The first-order valence-electron chi connectivity index (χ1n) is 4.78. The molecule has 0 radical (unpaired) electrons. The predicted octanol–water partition coefficient (Wildman–Crippen LogP) is 1.35. The van der Waals surface area contributed by atoms with E-state index in [1.54, 1.807) is 0 Å². The molecule has 0 saturated heterocycles. The number of aliphatic hydroxyl groups is 1. The van der Waals surface area contributed by atoms with Gasteiger partial charge < -0.3 is 9.84 Å². The van der Waals surface area contributed by atoms with Crippen LogP contribution in [0.15, 0.2) is 0 Å². The lowest BCUT2D eigenvalue weighted by atomic mass is 9.74. The first-order chi connectivity index (χ1) is 5.94. The molecule has 3 heteroatoms. The molecule has 2 atom stereocenters. The molecule has 1 fully saturated rings. The topological polar surface area (TPSA) is 46.5 Å². The number of hydrogen-bond acceptors (Lipinski definition) is 3. The molecule has 1 N–H and O–H groups in total. The fourth-order valence-corrected chi connectivity index (χ4v) is 1.48. The van der Waals surface area contributed by atoms with Crippen LogP contribution in [-0.4, -0.2) is 23.3 Å². The van der Waals surface area contributed by atoms with E-state index in [2.05, 4.69) is 0 Å². The molecule has 3 nitrogen and oxygen atoms in total. The first kappa shape index (κ1) is 10.5. The van der Waals surface area contributed by atoms with Gasteiger partial charge >= 0.3 is 5.97 Å². The normalized spacial score (nSPS) is 28.0. The van der Waals surface area contributed by atoms with E-state index in [4.69, 9.17) is 9.84 Å². The zero-order valence-electron chi connectivity index (χ0n) is 8.54. The minimum Gasteiger partial charge on any atom is -0.460 e. The fraction of sp³-hybridized carbons (Fsp3) is 0.900. The van der Waals surface area contributed by atoms with Gasteiger partial charge in [0.2, 0.25) is 0 Å². The predicted molar refractivity (Wildman–Crippen MR) is 49.1 cm³/mol. The van der Waals surface area contributed by atoms with E-state index >= 15 is 0 Å². The molecule has 1 rings (SSSR count). The van der Waals surface area contributed by atoms with Gasteiger partial charge in [0.15, 0.2) is 0 Å². The van der Waals surface area contributed by atoms with Crippen LogP contribution in [0.3, 0.4) is 0 Å². The Balaban J connectivity index is 2.40. The number of carbonyl (C=O) groups excluding carboxylic acids is 1. The van der Waals surface area contributed by atoms with Crippen molar-refractivity contribution < 1.29 is 14.6 Å². The Kier molecular flexibility index (Phi) is 2.96. The molecule has 2 unspecified atom stereocenters. The number of ether oxygens (including phenoxy) is 1. The highest BCUT2D eigenvalue weighted by molar-refractivity contribution is 5.74. The summed E-state index contributed by atoms with van der Waals surface area (Å²) in [5.74, 6) is -0.0862. The zero-order valence-corrected chi connectivity index (χ0v) is 8.54. The van der Waals surface area contributed by atoms with Gasteiger partial charge in [0.1, 0.15) is 5.60 Å². The molecule has 76 valence electrons. The Morgan fingerprint density at radius 3 is 2.38 bits per heavy atom. The molecule has 13 heavy (non-hydrogen) atoms. The molecule has 0 aromatic rings. The Morgan fingerprint density at radius 2 is 2.08 bits per heavy atom. The van der Waals surface area contributed by atoms with Crippen LogP contribution in [0.2, 0.25) is 0 Å². The van der Waals surface area contributed by atoms with Crippen LogP contribution in [0.25, 0.3) is 0 Å². The number of rotatable bonds is 2. The van der Waals surface area contributed by atoms with E-state index in [0.29, 0.717) is 0 Å². The zero-order chi connectivity index (χ0) is 10.1. The average Bonchev–Trinajstić information content (AvgIpc) is 1.80. The molecule has 1 aliphatic carbocycles. The lowest BCUT2D eigenvalue weighted by molar-refractivity contribution is -0.167. The van der Waals surface area contributed by atoms with Gasteiger partial charge in [0, 0.05) is 6.61 Å². The van der Waals surface area contributed by atoms with Gasteiger partial charge in [-0.25, -0.2) is 0 Å². The number of carbonyl (C=O) groups is 1. The summed E-state index contributed by atoms with van der Waals surface area (Å²) in [6, 6.07) is 0. The van der Waals surface area contributed by atoms with Crippen molar-refractivity contribution in [3.8, 4) is 0 Å². The van der Waals surface area contributed by atoms with Crippen molar-refractivity contribution in [2.24, 2.45) is 11.8 Å². The Labute approximate surface area is 79.1 Å². The lowest BCUT2D eigenvalue weighted by Gasteiger charge is -2.35. The van der Waals surface area contributed by atoms with E-state index < -0.39 is 5.60 Å². The molecular formula is C10H18O3. The molecule has 1 aliphatic rings. The highest BCUT2D eigenvalue weighted by Crippen LogP contribution is 2.35. The lowest BCUT2D eigenvalue weighted by Crippen LogP contribution is -2.39. The van der Waals surface area contributed by atoms with E-state index in [9.17, 15) is 4.79 Å². The number of esters is 1. The minimum atomic E-state index is -0.410. The van der Waals surface area contributed by atoms with Crippen LogP contribution >= 0.6 is 0 Å². The van der Waals surface area contributed by atoms with Crippen molar-refractivity contribution >= 4 is 5.97 Å². The maximum atomic E-state index is 11.5. The second kappa shape index (κ2) is 3.66. The fourth-order valence-electron chi connectivity index (χ4n) is 1.48. The molecule has 0 heterocycles. The highest BCUT2D eigenvalue weighted by Gasteiger charge is 2.38. The molecule has 0 aromatic carbocycles. The van der Waals surface area contributed by atoms with Crippen LogP contribution in [0.1, 0.15) is 33.6 Å². The molecule has 0 bridgehead atoms. The molecule has 0 spiro atoms. The average molecular weight is 186 g/mol. The molecular weight excluding hydrogens is 168 g/mol. The van der Waals surface area contributed by atoms with E-state index in [1.807, 2.05) is 20.8 Å². The van der Waals surface area contributed by atoms with Gasteiger partial charge in [0.25, 0.3) is 0 Å². The monoisotopic (exact) mass is 186 g/mol. The van der Waals surface area contributed by atoms with E-state index in [-0.39, 0.29) is 24.4 Å². The third-order valence-corrected chi connectivity index (χ3v) is 2.36. The summed E-state index contributed by atoms with van der Waals surface area (Å²) in [6.07, 6.45) is 1.81. The molecule has 0 aliphatic heterocycles. The Hall–Kier alpha value is -0.570. The first-order valence-corrected chi connectivity index (χ1v) is 4.78. The van der Waals surface area contributed by atoms with Crippen molar-refractivity contribution in [1.82, 2.24) is 0 Å². The summed E-state index contributed by atoms with van der Waals surface area (Å²) in [6.45, 7) is 5.68. The van der Waals surface area contributed by atoms with Gasteiger partial charge in [-0.2, -0.15) is 0 Å². The summed E-state index contributed by atoms with van der Waals surface area (Å²) in [5, 5.41) is 8.90. The van der Waals surface area contributed by atoms with E-state index in [0.717, 1.165) is 12.8 Å². The highest BCUT2D eigenvalue weighted by atomic mass is 16.6.